The molecule has 0 radical (unpaired) electrons. The number of hydrogen-bond acceptors (Lipinski definition) is 3. The summed E-state index contributed by atoms with van der Waals surface area (Å²) >= 11 is 3.51. The Labute approximate surface area is 117 Å². The maximum atomic E-state index is 4.53. The van der Waals surface area contributed by atoms with Crippen molar-refractivity contribution in [3.63, 3.8) is 0 Å². The van der Waals surface area contributed by atoms with Gasteiger partial charge in [0.25, 0.3) is 0 Å². The Kier molecular flexibility index (Phi) is 3.39. The van der Waals surface area contributed by atoms with Gasteiger partial charge < -0.3 is 4.90 Å². The van der Waals surface area contributed by atoms with Gasteiger partial charge in [0.2, 0.25) is 0 Å². The van der Waals surface area contributed by atoms with Gasteiger partial charge in [0.15, 0.2) is 0 Å². The molecule has 3 nitrogen and oxygen atoms in total. The highest BCUT2D eigenvalue weighted by atomic mass is 79.9. The Morgan fingerprint density at radius 1 is 1.33 bits per heavy atom. The van der Waals surface area contributed by atoms with Crippen LogP contribution in [0.2, 0.25) is 0 Å². The molecule has 2 aliphatic rings. The monoisotopic (exact) mass is 307 g/mol. The van der Waals surface area contributed by atoms with Crippen LogP contribution in [0.25, 0.3) is 0 Å². The number of rotatable bonds is 2. The zero-order chi connectivity index (χ0) is 12.5. The predicted octanol–water partition coefficient (Wildman–Crippen LogP) is 2.60. The fraction of sp³-hybridized carbons (Fsp3) is 0.500. The summed E-state index contributed by atoms with van der Waals surface area (Å²) in [4.78, 5) is 9.48. The first-order valence-electron chi connectivity index (χ1n) is 6.50. The van der Waals surface area contributed by atoms with E-state index < -0.39 is 0 Å². The van der Waals surface area contributed by atoms with Crippen molar-refractivity contribution in [3.05, 3.63) is 34.5 Å². The van der Waals surface area contributed by atoms with Gasteiger partial charge in [0, 0.05) is 42.9 Å². The Morgan fingerprint density at radius 3 is 2.83 bits per heavy atom. The predicted molar refractivity (Wildman–Crippen MR) is 78.0 cm³/mol. The SMILES string of the molecule is Cc1cc(N2CCC(N3CC=CC3)C2)ncc1Br. The van der Waals surface area contributed by atoms with E-state index in [1.807, 2.05) is 6.20 Å². The molecule has 0 saturated carbocycles. The largest absolute Gasteiger partial charge is 0.355 e. The number of halogens is 1. The van der Waals surface area contributed by atoms with Gasteiger partial charge in [-0.2, -0.15) is 0 Å². The smallest absolute Gasteiger partial charge is 0.128 e. The topological polar surface area (TPSA) is 19.4 Å². The molecule has 3 rings (SSSR count). The number of nitrogens with zero attached hydrogens (tertiary/aromatic N) is 3. The number of hydrogen-bond donors (Lipinski definition) is 0. The van der Waals surface area contributed by atoms with Crippen molar-refractivity contribution < 1.29 is 0 Å². The van der Waals surface area contributed by atoms with E-state index in [2.05, 4.69) is 55.9 Å². The van der Waals surface area contributed by atoms with Crippen LogP contribution in [-0.2, 0) is 0 Å². The van der Waals surface area contributed by atoms with Crippen molar-refractivity contribution in [2.24, 2.45) is 0 Å². The third-order valence-electron chi connectivity index (χ3n) is 3.88. The Morgan fingerprint density at radius 2 is 2.11 bits per heavy atom. The summed E-state index contributed by atoms with van der Waals surface area (Å²) in [7, 11) is 0. The van der Waals surface area contributed by atoms with E-state index >= 15 is 0 Å². The van der Waals surface area contributed by atoms with Crippen molar-refractivity contribution in [3.8, 4) is 0 Å². The van der Waals surface area contributed by atoms with Crippen LogP contribution in [0.3, 0.4) is 0 Å². The first kappa shape index (κ1) is 12.2. The first-order valence-corrected chi connectivity index (χ1v) is 7.29. The normalized spacial score (nSPS) is 24.1. The summed E-state index contributed by atoms with van der Waals surface area (Å²) in [6, 6.07) is 2.86. The van der Waals surface area contributed by atoms with E-state index in [4.69, 9.17) is 0 Å². The quantitative estimate of drug-likeness (QED) is 0.783. The molecule has 1 aromatic heterocycles. The molecule has 0 aliphatic carbocycles. The molecule has 1 unspecified atom stereocenters. The lowest BCUT2D eigenvalue weighted by Crippen LogP contribution is -2.35. The molecule has 0 amide bonds. The minimum absolute atomic E-state index is 0.686. The molecule has 1 aromatic rings. The van der Waals surface area contributed by atoms with Gasteiger partial charge in [0.05, 0.1) is 0 Å². The van der Waals surface area contributed by atoms with E-state index in [9.17, 15) is 0 Å². The van der Waals surface area contributed by atoms with Crippen molar-refractivity contribution in [1.29, 1.82) is 0 Å². The summed E-state index contributed by atoms with van der Waals surface area (Å²) in [5.74, 6) is 1.12. The summed E-state index contributed by atoms with van der Waals surface area (Å²) in [5, 5.41) is 0. The molecule has 18 heavy (non-hydrogen) atoms. The van der Waals surface area contributed by atoms with Crippen molar-refractivity contribution >= 4 is 21.7 Å². The highest BCUT2D eigenvalue weighted by Gasteiger charge is 2.28. The standard InChI is InChI=1S/C14H18BrN3/c1-11-8-14(16-9-13(11)15)18-7-4-12(10-18)17-5-2-3-6-17/h2-3,8-9,12H,4-7,10H2,1H3. The average Bonchev–Trinajstić information content (AvgIpc) is 3.01. The molecule has 4 heteroatoms. The molecule has 0 aromatic carbocycles. The van der Waals surface area contributed by atoms with E-state index in [1.165, 1.54) is 12.0 Å². The van der Waals surface area contributed by atoms with Gasteiger partial charge in [-0.15, -0.1) is 0 Å². The zero-order valence-electron chi connectivity index (χ0n) is 10.6. The summed E-state index contributed by atoms with van der Waals surface area (Å²) in [5.41, 5.74) is 1.26. The van der Waals surface area contributed by atoms with E-state index in [0.29, 0.717) is 6.04 Å². The van der Waals surface area contributed by atoms with Crippen molar-refractivity contribution in [1.82, 2.24) is 9.88 Å². The summed E-state index contributed by atoms with van der Waals surface area (Å²) in [6.07, 6.45) is 7.70. The van der Waals surface area contributed by atoms with E-state index in [0.717, 1.165) is 36.5 Å². The van der Waals surface area contributed by atoms with Gasteiger partial charge >= 0.3 is 0 Å². The van der Waals surface area contributed by atoms with E-state index in [1.54, 1.807) is 0 Å². The fourth-order valence-electron chi connectivity index (χ4n) is 2.74. The summed E-state index contributed by atoms with van der Waals surface area (Å²) < 4.78 is 1.09. The zero-order valence-corrected chi connectivity index (χ0v) is 12.2. The number of aromatic nitrogens is 1. The summed E-state index contributed by atoms with van der Waals surface area (Å²) in [6.45, 7) is 6.58. The number of aryl methyl sites for hydroxylation is 1. The molecular weight excluding hydrogens is 290 g/mol. The highest BCUT2D eigenvalue weighted by Crippen LogP contribution is 2.25. The van der Waals surface area contributed by atoms with Crippen LogP contribution in [-0.4, -0.2) is 42.1 Å². The second-order valence-electron chi connectivity index (χ2n) is 5.11. The molecule has 0 spiro atoms. The highest BCUT2D eigenvalue weighted by molar-refractivity contribution is 9.10. The Hall–Kier alpha value is -0.870. The van der Waals surface area contributed by atoms with Crippen LogP contribution < -0.4 is 4.90 Å². The van der Waals surface area contributed by atoms with Crippen molar-refractivity contribution in [2.75, 3.05) is 31.1 Å². The van der Waals surface area contributed by atoms with Gasteiger partial charge in [0.1, 0.15) is 5.82 Å². The number of anilines is 1. The van der Waals surface area contributed by atoms with E-state index in [-0.39, 0.29) is 0 Å². The van der Waals surface area contributed by atoms with Crippen LogP contribution >= 0.6 is 15.9 Å². The van der Waals surface area contributed by atoms with Gasteiger partial charge in [-0.3, -0.25) is 4.90 Å². The lowest BCUT2D eigenvalue weighted by molar-refractivity contribution is 0.271. The fourth-order valence-corrected chi connectivity index (χ4v) is 2.95. The minimum Gasteiger partial charge on any atom is -0.355 e. The van der Waals surface area contributed by atoms with Crippen molar-refractivity contribution in [2.45, 2.75) is 19.4 Å². The minimum atomic E-state index is 0.686. The lowest BCUT2D eigenvalue weighted by atomic mass is 10.2. The molecule has 0 N–H and O–H groups in total. The van der Waals surface area contributed by atoms with Crippen LogP contribution in [0.5, 0.6) is 0 Å². The molecule has 1 fully saturated rings. The maximum absolute atomic E-state index is 4.53. The van der Waals surface area contributed by atoms with Crippen LogP contribution in [0.4, 0.5) is 5.82 Å². The third kappa shape index (κ3) is 2.31. The lowest BCUT2D eigenvalue weighted by Gasteiger charge is -2.24. The van der Waals surface area contributed by atoms with Gasteiger partial charge in [-0.25, -0.2) is 4.98 Å². The second-order valence-corrected chi connectivity index (χ2v) is 5.96. The average molecular weight is 308 g/mol. The Balaban J connectivity index is 1.69. The molecule has 3 heterocycles. The van der Waals surface area contributed by atoms with Crippen LogP contribution in [0.1, 0.15) is 12.0 Å². The Bertz CT molecular complexity index is 464. The van der Waals surface area contributed by atoms with Gasteiger partial charge in [-0.05, 0) is 40.9 Å². The molecule has 0 bridgehead atoms. The maximum Gasteiger partial charge on any atom is 0.128 e. The van der Waals surface area contributed by atoms with Crippen LogP contribution in [0, 0.1) is 6.92 Å². The molecule has 2 aliphatic heterocycles. The first-order chi connectivity index (χ1) is 8.74. The van der Waals surface area contributed by atoms with Crippen LogP contribution in [0.15, 0.2) is 28.9 Å². The van der Waals surface area contributed by atoms with Gasteiger partial charge in [-0.1, -0.05) is 12.2 Å². The molecular formula is C14H18BrN3. The molecule has 1 atom stereocenters. The second kappa shape index (κ2) is 5.02. The molecule has 96 valence electrons. The molecule has 1 saturated heterocycles. The number of pyridine rings is 1. The third-order valence-corrected chi connectivity index (χ3v) is 4.71.